The minimum absolute atomic E-state index is 0.267. The molecule has 2 aliphatic rings. The van der Waals surface area contributed by atoms with Crippen LogP contribution in [0, 0.1) is 10.2 Å². The number of halogens is 8. The first kappa shape index (κ1) is 26.4. The monoisotopic (exact) mass is 544 g/mol. The number of nitrogens with one attached hydrogen (secondary N) is 2. The zero-order valence-corrected chi connectivity index (χ0v) is 19.4. The van der Waals surface area contributed by atoms with Gasteiger partial charge in [0.15, 0.2) is 5.67 Å². The molecule has 2 N–H and O–H groups in total. The van der Waals surface area contributed by atoms with Gasteiger partial charge in [-0.15, -0.1) is 0 Å². The van der Waals surface area contributed by atoms with E-state index in [0.29, 0.717) is 4.68 Å². The minimum Gasteiger partial charge on any atom is -0.321 e. The van der Waals surface area contributed by atoms with Gasteiger partial charge in [-0.3, -0.25) is 9.48 Å². The summed E-state index contributed by atoms with van der Waals surface area (Å²) in [5.74, 6) is -8.05. The molecule has 2 aliphatic carbocycles. The third-order valence-corrected chi connectivity index (χ3v) is 7.62. The highest BCUT2D eigenvalue weighted by atomic mass is 32.2. The highest BCUT2D eigenvalue weighted by molar-refractivity contribution is 7.92. The van der Waals surface area contributed by atoms with Crippen LogP contribution in [0.5, 0.6) is 0 Å². The van der Waals surface area contributed by atoms with Crippen molar-refractivity contribution in [2.75, 3.05) is 5.32 Å². The number of aromatic nitrogens is 2. The first-order valence-electron chi connectivity index (χ1n) is 10.6. The average Bonchev–Trinajstić information content (AvgIpc) is 3.33. The van der Waals surface area contributed by atoms with Crippen molar-refractivity contribution >= 4 is 21.3 Å². The Morgan fingerprint density at radius 1 is 1.22 bits per heavy atom. The standard InChI is InChI=1S/C21H20F8N4O2S/c1-18(8-20(25,26)9-18)10-33-14(13(21(27,28)29)15(32-33)19(24)5-6-19)16(34)31-11-3-2-4-12(7-11)36(30,35)17(22)23/h2-4,7,17,30H,5-6,8-10H2,1H3,(H,31,34). The number of hydrogen-bond acceptors (Lipinski definition) is 4. The van der Waals surface area contributed by atoms with E-state index in [-0.39, 0.29) is 18.5 Å². The maximum absolute atomic E-state index is 14.9. The fourth-order valence-corrected chi connectivity index (χ4v) is 5.25. The Bertz CT molecular complexity index is 1310. The normalized spacial score (nSPS) is 21.5. The first-order chi connectivity index (χ1) is 16.4. The second-order valence-electron chi connectivity index (χ2n) is 9.56. The topological polar surface area (TPSA) is 87.8 Å². The van der Waals surface area contributed by atoms with Gasteiger partial charge in [0.1, 0.15) is 26.7 Å². The van der Waals surface area contributed by atoms with Crippen molar-refractivity contribution in [1.29, 1.82) is 4.78 Å². The third kappa shape index (κ3) is 4.81. The SMILES string of the molecule is CC1(Cn2nc(C3(F)CC3)c(C(F)(F)F)c2C(=O)Nc2cccc(S(=N)(=O)C(F)F)c2)CC(F)(F)C1. The lowest BCUT2D eigenvalue weighted by Gasteiger charge is -2.44. The molecule has 0 aliphatic heterocycles. The largest absolute Gasteiger partial charge is 0.420 e. The summed E-state index contributed by atoms with van der Waals surface area (Å²) in [6, 6.07) is 3.84. The summed E-state index contributed by atoms with van der Waals surface area (Å²) in [6.07, 6.45) is -7.12. The molecule has 1 atom stereocenters. The van der Waals surface area contributed by atoms with E-state index in [1.165, 1.54) is 6.92 Å². The van der Waals surface area contributed by atoms with E-state index in [1.807, 2.05) is 0 Å². The van der Waals surface area contributed by atoms with Gasteiger partial charge < -0.3 is 5.32 Å². The predicted octanol–water partition coefficient (Wildman–Crippen LogP) is 6.18. The van der Waals surface area contributed by atoms with Crippen LogP contribution in [-0.2, 0) is 28.1 Å². The molecule has 15 heteroatoms. The van der Waals surface area contributed by atoms with Crippen LogP contribution in [-0.4, -0.2) is 31.6 Å². The summed E-state index contributed by atoms with van der Waals surface area (Å²) in [5.41, 5.74) is -7.79. The lowest BCUT2D eigenvalue weighted by atomic mass is 9.67. The van der Waals surface area contributed by atoms with Crippen molar-refractivity contribution in [2.24, 2.45) is 5.41 Å². The van der Waals surface area contributed by atoms with Gasteiger partial charge in [0.2, 0.25) is 5.92 Å². The Hall–Kier alpha value is -2.71. The quantitative estimate of drug-likeness (QED) is 0.409. The Morgan fingerprint density at radius 3 is 2.33 bits per heavy atom. The molecule has 1 amide bonds. The van der Waals surface area contributed by atoms with E-state index in [9.17, 15) is 44.1 Å². The lowest BCUT2D eigenvalue weighted by molar-refractivity contribution is -0.160. The predicted molar refractivity (Wildman–Crippen MR) is 111 cm³/mol. The first-order valence-corrected chi connectivity index (χ1v) is 12.2. The van der Waals surface area contributed by atoms with Gasteiger partial charge in [0, 0.05) is 25.1 Å². The van der Waals surface area contributed by atoms with Crippen molar-refractivity contribution in [2.45, 2.75) is 67.6 Å². The average molecular weight is 544 g/mol. The van der Waals surface area contributed by atoms with Gasteiger partial charge in [-0.25, -0.2) is 22.2 Å². The fourth-order valence-electron chi connectivity index (χ4n) is 4.46. The van der Waals surface area contributed by atoms with Crippen LogP contribution < -0.4 is 5.32 Å². The van der Waals surface area contributed by atoms with Crippen molar-refractivity contribution < 1.29 is 44.1 Å². The van der Waals surface area contributed by atoms with Crippen molar-refractivity contribution in [3.63, 3.8) is 0 Å². The van der Waals surface area contributed by atoms with Gasteiger partial charge in [-0.2, -0.15) is 27.1 Å². The van der Waals surface area contributed by atoms with Gasteiger partial charge >= 0.3 is 11.9 Å². The summed E-state index contributed by atoms with van der Waals surface area (Å²) >= 11 is 0. The zero-order valence-electron chi connectivity index (χ0n) is 18.6. The van der Waals surface area contributed by atoms with Crippen LogP contribution in [0.15, 0.2) is 29.2 Å². The molecular weight excluding hydrogens is 524 g/mol. The van der Waals surface area contributed by atoms with Crippen LogP contribution >= 0.6 is 0 Å². The Kier molecular flexibility index (Phi) is 5.97. The molecular formula is C21H20F8N4O2S. The van der Waals surface area contributed by atoms with Crippen LogP contribution in [0.25, 0.3) is 0 Å². The second kappa shape index (κ2) is 8.15. The van der Waals surface area contributed by atoms with Gasteiger partial charge in [-0.05, 0) is 36.5 Å². The molecule has 2 saturated carbocycles. The number of alkyl halides is 8. The number of rotatable bonds is 7. The Labute approximate surface area is 200 Å². The number of nitrogens with zero attached hydrogens (tertiary/aromatic N) is 2. The zero-order chi connectivity index (χ0) is 26.9. The highest BCUT2D eigenvalue weighted by Crippen LogP contribution is 2.55. The number of carbonyl (C=O) groups is 1. The molecule has 1 unspecified atom stereocenters. The molecule has 198 valence electrons. The van der Waals surface area contributed by atoms with Gasteiger partial charge in [-0.1, -0.05) is 13.0 Å². The van der Waals surface area contributed by atoms with E-state index in [2.05, 4.69) is 10.4 Å². The number of amides is 1. The summed E-state index contributed by atoms with van der Waals surface area (Å²) in [6.45, 7) is 0.845. The van der Waals surface area contributed by atoms with E-state index in [1.54, 1.807) is 0 Å². The van der Waals surface area contributed by atoms with Crippen molar-refractivity contribution in [3.05, 3.63) is 41.2 Å². The fraction of sp³-hybridized carbons (Fsp3) is 0.524. The maximum atomic E-state index is 14.9. The second-order valence-corrected chi connectivity index (χ2v) is 11.6. The van der Waals surface area contributed by atoms with Crippen molar-refractivity contribution in [3.8, 4) is 0 Å². The third-order valence-electron chi connectivity index (χ3n) is 6.16. The number of carbonyl (C=O) groups excluding carboxylic acids is 1. The highest BCUT2D eigenvalue weighted by Gasteiger charge is 2.57. The lowest BCUT2D eigenvalue weighted by Crippen LogP contribution is -2.47. The molecule has 0 radical (unpaired) electrons. The molecule has 6 nitrogen and oxygen atoms in total. The van der Waals surface area contributed by atoms with E-state index < -0.39 is 85.8 Å². The molecule has 1 aromatic carbocycles. The molecule has 36 heavy (non-hydrogen) atoms. The van der Waals surface area contributed by atoms with Crippen LogP contribution in [0.3, 0.4) is 0 Å². The van der Waals surface area contributed by atoms with Crippen LogP contribution in [0.1, 0.15) is 54.4 Å². The van der Waals surface area contributed by atoms with Crippen LogP contribution in [0.4, 0.5) is 40.8 Å². The Balaban J connectivity index is 1.77. The summed E-state index contributed by atoms with van der Waals surface area (Å²) < 4.78 is 130. The van der Waals surface area contributed by atoms with Crippen LogP contribution in [0.2, 0.25) is 0 Å². The van der Waals surface area contributed by atoms with E-state index in [0.717, 1.165) is 24.3 Å². The molecule has 0 bridgehead atoms. The number of anilines is 1. The van der Waals surface area contributed by atoms with Crippen molar-refractivity contribution in [1.82, 2.24) is 9.78 Å². The molecule has 2 aromatic rings. The van der Waals surface area contributed by atoms with E-state index >= 15 is 0 Å². The number of hydrogen-bond donors (Lipinski definition) is 2. The summed E-state index contributed by atoms with van der Waals surface area (Å²) in [4.78, 5) is 12.4. The molecule has 0 spiro atoms. The molecule has 2 fully saturated rings. The smallest absolute Gasteiger partial charge is 0.321 e. The maximum Gasteiger partial charge on any atom is 0.420 e. The minimum atomic E-state index is -5.24. The summed E-state index contributed by atoms with van der Waals surface area (Å²) in [7, 11) is -4.58. The number of benzene rings is 1. The molecule has 0 saturated heterocycles. The van der Waals surface area contributed by atoms with Gasteiger partial charge in [0.25, 0.3) is 5.91 Å². The molecule has 1 aromatic heterocycles. The van der Waals surface area contributed by atoms with Gasteiger partial charge in [0.05, 0.1) is 4.90 Å². The summed E-state index contributed by atoms with van der Waals surface area (Å²) in [5, 5.41) is 5.77. The molecule has 1 heterocycles. The van der Waals surface area contributed by atoms with E-state index in [4.69, 9.17) is 4.78 Å². The molecule has 4 rings (SSSR count). The Morgan fingerprint density at radius 2 is 1.83 bits per heavy atom.